The van der Waals surface area contributed by atoms with Crippen molar-refractivity contribution in [1.29, 1.82) is 0 Å². The van der Waals surface area contributed by atoms with Gasteiger partial charge in [-0.1, -0.05) is 0 Å². The van der Waals surface area contributed by atoms with Crippen LogP contribution < -0.4 is 5.32 Å². The molecule has 0 radical (unpaired) electrons. The Morgan fingerprint density at radius 1 is 1.17 bits per heavy atom. The highest BCUT2D eigenvalue weighted by Gasteiger charge is 2.56. The molecule has 2 aliphatic heterocycles. The number of thioether (sulfide) groups is 1. The molecule has 23 heavy (non-hydrogen) atoms. The van der Waals surface area contributed by atoms with E-state index in [2.05, 4.69) is 12.2 Å². The standard InChI is InChI=1S/C18H26N2O2S/c1-17-3-2-15(21)20(17)14(10-23-17)16(22)19-18-7-11-4-12(8-18)6-13(5-11)9-18/h11-14H,2-10H2,1H3,(H,19,22). The predicted octanol–water partition coefficient (Wildman–Crippen LogP) is 2.53. The molecule has 0 spiro atoms. The smallest absolute Gasteiger partial charge is 0.244 e. The van der Waals surface area contributed by atoms with Crippen molar-refractivity contribution in [2.75, 3.05) is 5.75 Å². The molecule has 0 aromatic heterocycles. The van der Waals surface area contributed by atoms with Gasteiger partial charge in [0.15, 0.2) is 0 Å². The van der Waals surface area contributed by atoms with Gasteiger partial charge in [0.2, 0.25) is 11.8 Å². The minimum Gasteiger partial charge on any atom is -0.349 e. The van der Waals surface area contributed by atoms with Crippen LogP contribution in [0.5, 0.6) is 0 Å². The Balaban J connectivity index is 1.35. The SMILES string of the molecule is CC12CCC(=O)N1C(C(=O)NC13CC4CC(CC(C4)C1)C3)CS2. The summed E-state index contributed by atoms with van der Waals surface area (Å²) in [5, 5.41) is 3.47. The van der Waals surface area contributed by atoms with E-state index >= 15 is 0 Å². The van der Waals surface area contributed by atoms with Crippen molar-refractivity contribution >= 4 is 23.6 Å². The van der Waals surface area contributed by atoms with E-state index in [1.165, 1.54) is 38.5 Å². The molecule has 6 aliphatic rings. The fraction of sp³-hybridized carbons (Fsp3) is 0.889. The number of carbonyl (C=O) groups excluding carboxylic acids is 2. The van der Waals surface area contributed by atoms with Gasteiger partial charge in [0.25, 0.3) is 0 Å². The highest BCUT2D eigenvalue weighted by atomic mass is 32.2. The van der Waals surface area contributed by atoms with E-state index in [4.69, 9.17) is 0 Å². The highest BCUT2D eigenvalue weighted by molar-refractivity contribution is 8.01. The Kier molecular flexibility index (Phi) is 2.97. The molecule has 2 heterocycles. The lowest BCUT2D eigenvalue weighted by molar-refractivity contribution is -0.140. The first kappa shape index (κ1) is 14.6. The zero-order chi connectivity index (χ0) is 15.8. The van der Waals surface area contributed by atoms with Crippen LogP contribution in [-0.4, -0.2) is 38.9 Å². The molecule has 126 valence electrons. The van der Waals surface area contributed by atoms with Crippen molar-refractivity contribution in [1.82, 2.24) is 10.2 Å². The van der Waals surface area contributed by atoms with Gasteiger partial charge in [0.1, 0.15) is 6.04 Å². The molecule has 2 amide bonds. The largest absolute Gasteiger partial charge is 0.349 e. The summed E-state index contributed by atoms with van der Waals surface area (Å²) in [6, 6.07) is -0.243. The quantitative estimate of drug-likeness (QED) is 0.844. The lowest BCUT2D eigenvalue weighted by atomic mass is 9.53. The van der Waals surface area contributed by atoms with Gasteiger partial charge in [-0.05, 0) is 69.6 Å². The molecule has 2 unspecified atom stereocenters. The second kappa shape index (κ2) is 4.68. The van der Waals surface area contributed by atoms with Gasteiger partial charge < -0.3 is 10.2 Å². The van der Waals surface area contributed by atoms with Crippen LogP contribution in [0, 0.1) is 17.8 Å². The molecular weight excluding hydrogens is 308 g/mol. The second-order valence-electron chi connectivity index (χ2n) is 8.95. The van der Waals surface area contributed by atoms with E-state index in [1.807, 2.05) is 4.90 Å². The lowest BCUT2D eigenvalue weighted by Crippen LogP contribution is -2.63. The van der Waals surface area contributed by atoms with E-state index < -0.39 is 0 Å². The van der Waals surface area contributed by atoms with Crippen molar-refractivity contribution in [2.24, 2.45) is 17.8 Å². The topological polar surface area (TPSA) is 49.4 Å². The molecule has 4 saturated carbocycles. The molecule has 0 aromatic rings. The molecule has 6 rings (SSSR count). The summed E-state index contributed by atoms with van der Waals surface area (Å²) in [4.78, 5) is 27.1. The average molecular weight is 334 g/mol. The number of hydrogen-bond acceptors (Lipinski definition) is 3. The predicted molar refractivity (Wildman–Crippen MR) is 89.8 cm³/mol. The Labute approximate surface area is 142 Å². The van der Waals surface area contributed by atoms with E-state index in [0.29, 0.717) is 6.42 Å². The number of nitrogens with zero attached hydrogens (tertiary/aromatic N) is 1. The zero-order valence-corrected chi connectivity index (χ0v) is 14.7. The maximum Gasteiger partial charge on any atom is 0.244 e. The van der Waals surface area contributed by atoms with Crippen LogP contribution in [0.2, 0.25) is 0 Å². The van der Waals surface area contributed by atoms with Crippen molar-refractivity contribution in [2.45, 2.75) is 74.7 Å². The van der Waals surface area contributed by atoms with Gasteiger partial charge in [-0.2, -0.15) is 0 Å². The van der Waals surface area contributed by atoms with Gasteiger partial charge in [-0.15, -0.1) is 11.8 Å². The summed E-state index contributed by atoms with van der Waals surface area (Å²) in [7, 11) is 0. The van der Waals surface area contributed by atoms with E-state index in [-0.39, 0.29) is 28.3 Å². The Bertz CT molecular complexity index is 542. The summed E-state index contributed by atoms with van der Waals surface area (Å²) in [6.07, 6.45) is 9.18. The van der Waals surface area contributed by atoms with Crippen LogP contribution in [-0.2, 0) is 9.59 Å². The molecular formula is C18H26N2O2S. The number of fused-ring (bicyclic) bond motifs is 1. The monoisotopic (exact) mass is 334 g/mol. The third-order valence-electron chi connectivity index (χ3n) is 7.17. The number of nitrogens with one attached hydrogen (secondary N) is 1. The summed E-state index contributed by atoms with van der Waals surface area (Å²) in [5.41, 5.74) is 0.0538. The first-order valence-corrected chi connectivity index (χ1v) is 10.2. The normalized spacial score (nSPS) is 50.5. The molecule has 1 N–H and O–H groups in total. The maximum atomic E-state index is 13.0. The zero-order valence-electron chi connectivity index (χ0n) is 13.8. The van der Waals surface area contributed by atoms with Crippen LogP contribution in [0.3, 0.4) is 0 Å². The van der Waals surface area contributed by atoms with E-state index in [0.717, 1.165) is 29.9 Å². The van der Waals surface area contributed by atoms with Gasteiger partial charge in [-0.25, -0.2) is 0 Å². The number of rotatable bonds is 2. The summed E-state index contributed by atoms with van der Waals surface area (Å²) < 4.78 is 0. The lowest BCUT2D eigenvalue weighted by Gasteiger charge is -2.57. The number of carbonyl (C=O) groups is 2. The number of hydrogen-bond donors (Lipinski definition) is 1. The first-order valence-electron chi connectivity index (χ1n) is 9.25. The van der Waals surface area contributed by atoms with Crippen LogP contribution >= 0.6 is 11.8 Å². The molecule has 0 aromatic carbocycles. The van der Waals surface area contributed by atoms with Gasteiger partial charge in [-0.3, -0.25) is 9.59 Å². The molecule has 4 nitrogen and oxygen atoms in total. The summed E-state index contributed by atoms with van der Waals surface area (Å²) in [5.74, 6) is 3.55. The Morgan fingerprint density at radius 2 is 1.78 bits per heavy atom. The summed E-state index contributed by atoms with van der Waals surface area (Å²) in [6.45, 7) is 2.13. The van der Waals surface area contributed by atoms with E-state index in [1.54, 1.807) is 11.8 Å². The fourth-order valence-electron chi connectivity index (χ4n) is 6.62. The van der Waals surface area contributed by atoms with Crippen LogP contribution in [0.15, 0.2) is 0 Å². The number of amides is 2. The highest BCUT2D eigenvalue weighted by Crippen LogP contribution is 2.56. The third kappa shape index (κ3) is 2.11. The molecule has 6 fully saturated rings. The molecule has 4 bridgehead atoms. The van der Waals surface area contributed by atoms with Crippen molar-refractivity contribution in [3.05, 3.63) is 0 Å². The fourth-order valence-corrected chi connectivity index (χ4v) is 8.05. The van der Waals surface area contributed by atoms with Crippen molar-refractivity contribution in [3.8, 4) is 0 Å². The van der Waals surface area contributed by atoms with Gasteiger partial charge >= 0.3 is 0 Å². The third-order valence-corrected chi connectivity index (χ3v) is 8.68. The van der Waals surface area contributed by atoms with Crippen molar-refractivity contribution in [3.63, 3.8) is 0 Å². The van der Waals surface area contributed by atoms with Crippen LogP contribution in [0.1, 0.15) is 58.3 Å². The maximum absolute atomic E-state index is 13.0. The Hall–Kier alpha value is -0.710. The molecule has 2 saturated heterocycles. The first-order chi connectivity index (χ1) is 11.0. The summed E-state index contributed by atoms with van der Waals surface area (Å²) >= 11 is 1.79. The molecule has 4 aliphatic carbocycles. The van der Waals surface area contributed by atoms with Crippen LogP contribution in [0.25, 0.3) is 0 Å². The minimum atomic E-state index is -0.243. The van der Waals surface area contributed by atoms with Gasteiger partial charge in [0.05, 0.1) is 4.87 Å². The van der Waals surface area contributed by atoms with E-state index in [9.17, 15) is 9.59 Å². The molecule has 5 heteroatoms. The van der Waals surface area contributed by atoms with Gasteiger partial charge in [0, 0.05) is 17.7 Å². The Morgan fingerprint density at radius 3 is 2.39 bits per heavy atom. The molecule has 2 atom stereocenters. The van der Waals surface area contributed by atoms with Crippen LogP contribution in [0.4, 0.5) is 0 Å². The average Bonchev–Trinajstić information content (AvgIpc) is 2.94. The minimum absolute atomic E-state index is 0.0538. The van der Waals surface area contributed by atoms with Crippen molar-refractivity contribution < 1.29 is 9.59 Å². The second-order valence-corrected chi connectivity index (χ2v) is 10.5.